The van der Waals surface area contributed by atoms with Crippen LogP contribution in [0.3, 0.4) is 0 Å². The number of methoxy groups -OCH3 is 2. The van der Waals surface area contributed by atoms with Crippen LogP contribution < -0.4 is 14.1 Å². The van der Waals surface area contributed by atoms with Gasteiger partial charge >= 0.3 is 8.16 Å². The SMILES string of the molecule is COc1ccc(-c2cc3c(c4c2op(N(C)C)oc2c(-c5ccc(OC)cc5)cc5c(c24)CCCC5)CCCC3)cc1. The van der Waals surface area contributed by atoms with Crippen molar-refractivity contribution < 1.29 is 17.9 Å². The Balaban J connectivity index is 1.69. The van der Waals surface area contributed by atoms with Crippen LogP contribution in [-0.2, 0) is 25.7 Å². The lowest BCUT2D eigenvalue weighted by Crippen LogP contribution is -2.07. The number of aryl methyl sites for hydroxylation is 4. The van der Waals surface area contributed by atoms with E-state index in [2.05, 4.69) is 41.1 Å². The lowest BCUT2D eigenvalue weighted by Gasteiger charge is -2.23. The van der Waals surface area contributed by atoms with Crippen LogP contribution in [-0.4, -0.2) is 28.3 Å². The van der Waals surface area contributed by atoms with Crippen LogP contribution >= 0.6 is 8.16 Å². The molecule has 0 amide bonds. The number of nitrogens with zero attached hydrogens (tertiary/aromatic N) is 1. The molecule has 2 aliphatic carbocycles. The fraction of sp³-hybridized carbons (Fsp3) is 0.333. The number of fused-ring (bicyclic) bond motifs is 7. The fourth-order valence-electron chi connectivity index (χ4n) is 6.80. The molecule has 7 rings (SSSR count). The normalized spacial score (nSPS) is 14.6. The van der Waals surface area contributed by atoms with E-state index in [4.69, 9.17) is 17.9 Å². The van der Waals surface area contributed by atoms with Gasteiger partial charge in [0.15, 0.2) is 11.2 Å². The molecule has 0 N–H and O–H groups in total. The minimum Gasteiger partial charge on any atom is -0.497 e. The molecule has 0 aliphatic heterocycles. The Morgan fingerprint density at radius 1 is 0.595 bits per heavy atom. The van der Waals surface area contributed by atoms with Crippen molar-refractivity contribution in [1.29, 1.82) is 0 Å². The molecular weight excluding hydrogens is 541 g/mol. The third-order valence-electron chi connectivity index (χ3n) is 8.92. The summed E-state index contributed by atoms with van der Waals surface area (Å²) < 4.78 is 27.2. The number of ether oxygens (including phenoxy) is 2. The monoisotopic (exact) mass is 579 g/mol. The minimum atomic E-state index is -1.40. The highest BCUT2D eigenvalue weighted by molar-refractivity contribution is 7.38. The summed E-state index contributed by atoms with van der Waals surface area (Å²) in [7, 11) is 6.12. The van der Waals surface area contributed by atoms with Gasteiger partial charge in [0.1, 0.15) is 11.5 Å². The first-order valence-electron chi connectivity index (χ1n) is 15.1. The maximum atomic E-state index is 7.04. The Labute approximate surface area is 248 Å². The van der Waals surface area contributed by atoms with Gasteiger partial charge in [-0.25, -0.2) is 4.67 Å². The molecule has 0 fully saturated rings. The number of benzene rings is 4. The van der Waals surface area contributed by atoms with Crippen LogP contribution in [0, 0.1) is 0 Å². The number of rotatable bonds is 5. The van der Waals surface area contributed by atoms with E-state index in [1.165, 1.54) is 58.7 Å². The first-order chi connectivity index (χ1) is 20.6. The van der Waals surface area contributed by atoms with E-state index in [0.717, 1.165) is 70.6 Å². The van der Waals surface area contributed by atoms with Gasteiger partial charge in [-0.2, -0.15) is 0 Å². The average molecular weight is 580 g/mol. The summed E-state index contributed by atoms with van der Waals surface area (Å²) in [6.45, 7) is 0. The maximum absolute atomic E-state index is 7.04. The van der Waals surface area contributed by atoms with Gasteiger partial charge in [0, 0.05) is 36.0 Å². The van der Waals surface area contributed by atoms with Crippen LogP contribution in [0.25, 0.3) is 44.2 Å². The summed E-state index contributed by atoms with van der Waals surface area (Å²) in [6.07, 6.45) is 9.12. The van der Waals surface area contributed by atoms with Crippen molar-refractivity contribution in [3.8, 4) is 33.8 Å². The van der Waals surface area contributed by atoms with Crippen molar-refractivity contribution in [3.63, 3.8) is 0 Å². The van der Waals surface area contributed by atoms with Gasteiger partial charge in [-0.15, -0.1) is 0 Å². The van der Waals surface area contributed by atoms with E-state index in [0.29, 0.717) is 0 Å². The predicted octanol–water partition coefficient (Wildman–Crippen LogP) is 9.60. The summed E-state index contributed by atoms with van der Waals surface area (Å²) in [5.41, 5.74) is 12.2. The molecule has 0 bridgehead atoms. The molecule has 2 aliphatic rings. The quantitative estimate of drug-likeness (QED) is 0.207. The van der Waals surface area contributed by atoms with Crippen LogP contribution in [0.1, 0.15) is 47.9 Å². The van der Waals surface area contributed by atoms with E-state index in [9.17, 15) is 0 Å². The van der Waals surface area contributed by atoms with Crippen molar-refractivity contribution >= 4 is 30.1 Å². The molecule has 42 heavy (non-hydrogen) atoms. The summed E-state index contributed by atoms with van der Waals surface area (Å²) >= 11 is 0. The molecule has 5 nitrogen and oxygen atoms in total. The molecule has 0 saturated heterocycles. The lowest BCUT2D eigenvalue weighted by atomic mass is 9.81. The Bertz CT molecular complexity index is 1690. The minimum absolute atomic E-state index is 0.853. The summed E-state index contributed by atoms with van der Waals surface area (Å²) in [6, 6.07) is 21.6. The second-order valence-electron chi connectivity index (χ2n) is 11.7. The van der Waals surface area contributed by atoms with Crippen molar-refractivity contribution in [2.24, 2.45) is 0 Å². The van der Waals surface area contributed by atoms with Crippen LogP contribution in [0.2, 0.25) is 0 Å². The summed E-state index contributed by atoms with van der Waals surface area (Å²) in [4.78, 5) is 0. The van der Waals surface area contributed by atoms with E-state index in [1.54, 1.807) is 14.2 Å². The van der Waals surface area contributed by atoms with Gasteiger partial charge in [0.05, 0.1) is 14.2 Å². The molecule has 216 valence electrons. The second-order valence-corrected chi connectivity index (χ2v) is 13.3. The van der Waals surface area contributed by atoms with E-state index in [-0.39, 0.29) is 0 Å². The second kappa shape index (κ2) is 11.2. The zero-order valence-corrected chi connectivity index (χ0v) is 25.9. The van der Waals surface area contributed by atoms with Gasteiger partial charge < -0.3 is 17.9 Å². The summed E-state index contributed by atoms with van der Waals surface area (Å²) in [5.74, 6) is 1.71. The molecule has 0 saturated carbocycles. The lowest BCUT2D eigenvalue weighted by molar-refractivity contribution is 0.415. The Morgan fingerprint density at radius 2 is 1.00 bits per heavy atom. The molecule has 1 aromatic heterocycles. The van der Waals surface area contributed by atoms with Crippen molar-refractivity contribution in [2.45, 2.75) is 51.4 Å². The standard InChI is InChI=1S/C36H38NO4P/c1-37(2)42-40-35-31(23-13-17-27(38-3)18-14-23)21-25-9-5-7-11-29(25)33(35)34-30-12-8-6-10-26(30)22-32(36(34)41-42)24-15-19-28(39-4)20-16-24/h13-22H,5-12H2,1-4H3. The van der Waals surface area contributed by atoms with Gasteiger partial charge in [0.25, 0.3) is 0 Å². The van der Waals surface area contributed by atoms with Crippen LogP contribution in [0.4, 0.5) is 0 Å². The molecule has 0 atom stereocenters. The van der Waals surface area contributed by atoms with Crippen molar-refractivity contribution in [3.05, 3.63) is 82.9 Å². The molecular formula is C36H38NO4P. The molecule has 5 aromatic rings. The fourth-order valence-corrected chi connectivity index (χ4v) is 7.85. The molecule has 0 unspecified atom stereocenters. The third-order valence-corrected chi connectivity index (χ3v) is 10.3. The largest absolute Gasteiger partial charge is 0.497 e. The zero-order chi connectivity index (χ0) is 28.8. The van der Waals surface area contributed by atoms with Gasteiger partial charge in [-0.1, -0.05) is 24.3 Å². The van der Waals surface area contributed by atoms with Crippen molar-refractivity contribution in [1.82, 2.24) is 0 Å². The highest BCUT2D eigenvalue weighted by Crippen LogP contribution is 2.48. The van der Waals surface area contributed by atoms with Gasteiger partial charge in [-0.05, 0) is 121 Å². The summed E-state index contributed by atoms with van der Waals surface area (Å²) in [5, 5.41) is 2.52. The molecule has 0 spiro atoms. The highest BCUT2D eigenvalue weighted by atomic mass is 31.1. The number of hydrogen-bond acceptors (Lipinski definition) is 5. The smallest absolute Gasteiger partial charge is 0.309 e. The topological polar surface area (TPSA) is 48.0 Å². The first-order valence-corrected chi connectivity index (χ1v) is 16.2. The maximum Gasteiger partial charge on any atom is 0.309 e. The van der Waals surface area contributed by atoms with E-state index >= 15 is 0 Å². The van der Waals surface area contributed by atoms with Crippen molar-refractivity contribution in [2.75, 3.05) is 33.0 Å². The molecule has 6 heteroatoms. The predicted molar refractivity (Wildman–Crippen MR) is 174 cm³/mol. The van der Waals surface area contributed by atoms with Crippen LogP contribution in [0.15, 0.2) is 69.1 Å². The third kappa shape index (κ3) is 4.69. The Kier molecular flexibility index (Phi) is 7.25. The zero-order valence-electron chi connectivity index (χ0n) is 25.0. The van der Waals surface area contributed by atoms with E-state index < -0.39 is 8.16 Å². The first kappa shape index (κ1) is 27.2. The van der Waals surface area contributed by atoms with Crippen LogP contribution in [0.5, 0.6) is 11.5 Å². The molecule has 0 radical (unpaired) electrons. The molecule has 1 heterocycles. The molecule has 4 aromatic carbocycles. The van der Waals surface area contributed by atoms with Gasteiger partial charge in [-0.3, -0.25) is 0 Å². The highest BCUT2D eigenvalue weighted by Gasteiger charge is 2.26. The number of hydrogen-bond donors (Lipinski definition) is 0. The Morgan fingerprint density at radius 3 is 1.38 bits per heavy atom. The van der Waals surface area contributed by atoms with Gasteiger partial charge in [0.2, 0.25) is 0 Å². The Hall–Kier alpha value is -3.66. The van der Waals surface area contributed by atoms with E-state index in [1.807, 2.05) is 38.4 Å². The average Bonchev–Trinajstić information content (AvgIpc) is 3.23.